The summed E-state index contributed by atoms with van der Waals surface area (Å²) in [5.41, 5.74) is 3.69. The van der Waals surface area contributed by atoms with Crippen LogP contribution < -0.4 is 5.43 Å². The molecule has 0 amide bonds. The average molecular weight is 362 g/mol. The lowest BCUT2D eigenvalue weighted by Crippen LogP contribution is -2.13. The van der Waals surface area contributed by atoms with E-state index >= 15 is 0 Å². The molecule has 0 saturated heterocycles. The summed E-state index contributed by atoms with van der Waals surface area (Å²) in [5, 5.41) is 9.56. The maximum Gasteiger partial charge on any atom is 0.335 e. The monoisotopic (exact) mass is 362 g/mol. The first-order valence-electron chi connectivity index (χ1n) is 9.39. The molecule has 1 fully saturated rings. The fourth-order valence-corrected chi connectivity index (χ4v) is 3.84. The maximum atomic E-state index is 13.1. The Morgan fingerprint density at radius 1 is 1.15 bits per heavy atom. The molecule has 1 saturated carbocycles. The molecule has 2 atom stereocenters. The zero-order valence-corrected chi connectivity index (χ0v) is 15.5. The standard InChI is InChI=1S/C23H22O4/c1-3-4-16-21(24)19-11-15(23(25)26)9-10-20(19)27-22(16)18-12-17(18)14-7-5-13(2)6-8-14/h5-11,17-18H,3-4,12H2,1-2H3,(H,25,26)/t17-,18+/m0/s1. The fraction of sp³-hybridized carbons (Fsp3) is 0.304. The molecule has 0 spiro atoms. The second-order valence-electron chi connectivity index (χ2n) is 7.40. The predicted octanol–water partition coefficient (Wildman–Crippen LogP) is 5.02. The molecular formula is C23H22O4. The van der Waals surface area contributed by atoms with Gasteiger partial charge in [0.05, 0.1) is 10.9 Å². The number of carboxylic acid groups (broad SMARTS) is 1. The van der Waals surface area contributed by atoms with Crippen LogP contribution in [0.25, 0.3) is 11.0 Å². The van der Waals surface area contributed by atoms with Gasteiger partial charge in [-0.15, -0.1) is 0 Å². The van der Waals surface area contributed by atoms with Gasteiger partial charge in [0, 0.05) is 11.5 Å². The van der Waals surface area contributed by atoms with Crippen molar-refractivity contribution in [2.75, 3.05) is 0 Å². The Morgan fingerprint density at radius 2 is 1.89 bits per heavy atom. The van der Waals surface area contributed by atoms with Crippen molar-refractivity contribution in [3.05, 3.63) is 80.7 Å². The van der Waals surface area contributed by atoms with Gasteiger partial charge in [-0.3, -0.25) is 4.79 Å². The third-order valence-corrected chi connectivity index (χ3v) is 5.40. The van der Waals surface area contributed by atoms with Crippen LogP contribution >= 0.6 is 0 Å². The van der Waals surface area contributed by atoms with Crippen LogP contribution in [0.5, 0.6) is 0 Å². The summed E-state index contributed by atoms with van der Waals surface area (Å²) in [4.78, 5) is 24.3. The number of hydrogen-bond donors (Lipinski definition) is 1. The maximum absolute atomic E-state index is 13.1. The minimum Gasteiger partial charge on any atom is -0.478 e. The van der Waals surface area contributed by atoms with Crippen LogP contribution in [0.3, 0.4) is 0 Å². The molecule has 0 radical (unpaired) electrons. The van der Waals surface area contributed by atoms with E-state index in [1.54, 1.807) is 6.07 Å². The van der Waals surface area contributed by atoms with Gasteiger partial charge in [0.2, 0.25) is 0 Å². The van der Waals surface area contributed by atoms with E-state index in [0.717, 1.165) is 18.6 Å². The molecule has 3 aromatic rings. The molecule has 2 aromatic carbocycles. The molecule has 1 aromatic heterocycles. The molecule has 4 heteroatoms. The molecule has 1 aliphatic carbocycles. The van der Waals surface area contributed by atoms with Gasteiger partial charge in [0.15, 0.2) is 5.43 Å². The van der Waals surface area contributed by atoms with Crippen LogP contribution in [0.1, 0.15) is 64.4 Å². The Morgan fingerprint density at radius 3 is 2.56 bits per heavy atom. The van der Waals surface area contributed by atoms with E-state index in [2.05, 4.69) is 31.2 Å². The number of aromatic carboxylic acids is 1. The topological polar surface area (TPSA) is 67.5 Å². The minimum atomic E-state index is -1.04. The highest BCUT2D eigenvalue weighted by Gasteiger charge is 2.43. The molecular weight excluding hydrogens is 340 g/mol. The normalized spacial score (nSPS) is 18.6. The molecule has 0 bridgehead atoms. The summed E-state index contributed by atoms with van der Waals surface area (Å²) in [6.45, 7) is 4.10. The largest absolute Gasteiger partial charge is 0.478 e. The Kier molecular flexibility index (Phi) is 4.34. The third kappa shape index (κ3) is 3.16. The van der Waals surface area contributed by atoms with Gasteiger partial charge in [-0.05, 0) is 49.4 Å². The molecule has 4 rings (SSSR count). The van der Waals surface area contributed by atoms with Crippen molar-refractivity contribution in [2.45, 2.75) is 44.9 Å². The lowest BCUT2D eigenvalue weighted by molar-refractivity contribution is 0.0697. The highest BCUT2D eigenvalue weighted by atomic mass is 16.4. The van der Waals surface area contributed by atoms with Gasteiger partial charge in [-0.1, -0.05) is 43.2 Å². The summed E-state index contributed by atoms with van der Waals surface area (Å²) >= 11 is 0. The zero-order chi connectivity index (χ0) is 19.1. The number of carboxylic acids is 1. The Hall–Kier alpha value is -2.88. The molecule has 1 N–H and O–H groups in total. The molecule has 27 heavy (non-hydrogen) atoms. The van der Waals surface area contributed by atoms with Crippen molar-refractivity contribution in [3.63, 3.8) is 0 Å². The van der Waals surface area contributed by atoms with Gasteiger partial charge in [0.25, 0.3) is 0 Å². The fourth-order valence-electron chi connectivity index (χ4n) is 3.84. The summed E-state index contributed by atoms with van der Waals surface area (Å²) in [6.07, 6.45) is 2.45. The van der Waals surface area contributed by atoms with E-state index < -0.39 is 5.97 Å². The first-order valence-corrected chi connectivity index (χ1v) is 9.39. The summed E-state index contributed by atoms with van der Waals surface area (Å²) < 4.78 is 6.17. The van der Waals surface area contributed by atoms with Gasteiger partial charge in [-0.2, -0.15) is 0 Å². The highest BCUT2D eigenvalue weighted by Crippen LogP contribution is 2.55. The van der Waals surface area contributed by atoms with Gasteiger partial charge < -0.3 is 9.52 Å². The quantitative estimate of drug-likeness (QED) is 0.692. The minimum absolute atomic E-state index is 0.0919. The second kappa shape index (κ2) is 6.69. The van der Waals surface area contributed by atoms with Gasteiger partial charge in [-0.25, -0.2) is 4.79 Å². The first-order chi connectivity index (χ1) is 13.0. The summed E-state index contributed by atoms with van der Waals surface area (Å²) in [7, 11) is 0. The summed E-state index contributed by atoms with van der Waals surface area (Å²) in [5.74, 6) is 0.327. The number of fused-ring (bicyclic) bond motifs is 1. The summed E-state index contributed by atoms with van der Waals surface area (Å²) in [6, 6.07) is 13.0. The lowest BCUT2D eigenvalue weighted by Gasteiger charge is -2.10. The molecule has 0 unspecified atom stereocenters. The SMILES string of the molecule is CCCc1c([C@@H]2C[C@H]2c2ccc(C)cc2)oc2ccc(C(=O)O)cc2c1=O. The molecule has 1 heterocycles. The van der Waals surface area contributed by atoms with Gasteiger partial charge >= 0.3 is 5.97 Å². The van der Waals surface area contributed by atoms with Crippen LogP contribution in [-0.2, 0) is 6.42 Å². The Bertz CT molecular complexity index is 1080. The highest BCUT2D eigenvalue weighted by molar-refractivity contribution is 5.92. The van der Waals surface area contributed by atoms with E-state index in [1.807, 2.05) is 6.92 Å². The number of rotatable bonds is 5. The molecule has 1 aliphatic rings. The van der Waals surface area contributed by atoms with Crippen LogP contribution in [0.4, 0.5) is 0 Å². The van der Waals surface area contributed by atoms with Crippen LogP contribution in [0.15, 0.2) is 51.7 Å². The zero-order valence-electron chi connectivity index (χ0n) is 15.5. The van der Waals surface area contributed by atoms with E-state index in [0.29, 0.717) is 28.9 Å². The van der Waals surface area contributed by atoms with Gasteiger partial charge in [0.1, 0.15) is 11.3 Å². The van der Waals surface area contributed by atoms with E-state index in [1.165, 1.54) is 23.3 Å². The van der Waals surface area contributed by atoms with Crippen LogP contribution in [-0.4, -0.2) is 11.1 Å². The smallest absolute Gasteiger partial charge is 0.335 e. The average Bonchev–Trinajstić information content (AvgIpc) is 3.45. The second-order valence-corrected chi connectivity index (χ2v) is 7.40. The predicted molar refractivity (Wildman–Crippen MR) is 105 cm³/mol. The first kappa shape index (κ1) is 17.5. The Balaban J connectivity index is 1.79. The number of hydrogen-bond acceptors (Lipinski definition) is 3. The van der Waals surface area contributed by atoms with Crippen molar-refractivity contribution in [2.24, 2.45) is 0 Å². The van der Waals surface area contributed by atoms with Crippen molar-refractivity contribution < 1.29 is 14.3 Å². The molecule has 0 aliphatic heterocycles. The van der Waals surface area contributed by atoms with Crippen molar-refractivity contribution in [1.29, 1.82) is 0 Å². The van der Waals surface area contributed by atoms with Crippen LogP contribution in [0, 0.1) is 6.92 Å². The third-order valence-electron chi connectivity index (χ3n) is 5.40. The Labute approximate surface area is 157 Å². The van der Waals surface area contributed by atoms with E-state index in [4.69, 9.17) is 4.42 Å². The lowest BCUT2D eigenvalue weighted by atomic mass is 10.00. The number of aryl methyl sites for hydroxylation is 1. The van der Waals surface area contributed by atoms with Crippen molar-refractivity contribution >= 4 is 16.9 Å². The number of benzene rings is 2. The van der Waals surface area contributed by atoms with E-state index in [-0.39, 0.29) is 16.9 Å². The van der Waals surface area contributed by atoms with Crippen molar-refractivity contribution in [1.82, 2.24) is 0 Å². The van der Waals surface area contributed by atoms with Crippen molar-refractivity contribution in [3.8, 4) is 0 Å². The molecule has 4 nitrogen and oxygen atoms in total. The molecule has 138 valence electrons. The van der Waals surface area contributed by atoms with E-state index in [9.17, 15) is 14.7 Å². The van der Waals surface area contributed by atoms with Crippen LogP contribution in [0.2, 0.25) is 0 Å². The number of carbonyl (C=O) groups is 1.